The lowest BCUT2D eigenvalue weighted by Crippen LogP contribution is -2.34. The summed E-state index contributed by atoms with van der Waals surface area (Å²) >= 11 is 0. The van der Waals surface area contributed by atoms with Gasteiger partial charge in [-0.3, -0.25) is 0 Å². The Kier molecular flexibility index (Phi) is 7.45. The molecule has 0 saturated heterocycles. The summed E-state index contributed by atoms with van der Waals surface area (Å²) in [6.07, 6.45) is 9.18. The third kappa shape index (κ3) is 11.7. The van der Waals surface area contributed by atoms with Crippen molar-refractivity contribution < 1.29 is 0 Å². The Morgan fingerprint density at radius 3 is 2.41 bits per heavy atom. The van der Waals surface area contributed by atoms with Gasteiger partial charge in [0, 0.05) is 5.54 Å². The minimum absolute atomic E-state index is 0.0389. The maximum atomic E-state index is 6.04. The molecule has 2 N–H and O–H groups in total. The summed E-state index contributed by atoms with van der Waals surface area (Å²) in [7, 11) is 0. The molecule has 0 aromatic rings. The van der Waals surface area contributed by atoms with Crippen LogP contribution in [0, 0.1) is 11.8 Å². The quantitative estimate of drug-likeness (QED) is 0.609. The van der Waals surface area contributed by atoms with Crippen molar-refractivity contribution in [2.45, 2.75) is 65.8 Å². The van der Waals surface area contributed by atoms with Crippen LogP contribution in [0.1, 0.15) is 60.3 Å². The van der Waals surface area contributed by atoms with E-state index in [1.54, 1.807) is 0 Å². The molecule has 0 aromatic heterocycles. The average molecular weight is 237 g/mol. The molecule has 2 atom stereocenters. The summed E-state index contributed by atoms with van der Waals surface area (Å²) in [5, 5.41) is 0. The van der Waals surface area contributed by atoms with Crippen molar-refractivity contribution in [3.8, 4) is 0 Å². The maximum absolute atomic E-state index is 6.04. The minimum atomic E-state index is -0.0389. The molecule has 17 heavy (non-hydrogen) atoms. The monoisotopic (exact) mass is 237 g/mol. The number of rotatable bonds is 8. The third-order valence-electron chi connectivity index (χ3n) is 2.85. The van der Waals surface area contributed by atoms with Crippen molar-refractivity contribution >= 4 is 0 Å². The molecular weight excluding hydrogens is 206 g/mol. The largest absolute Gasteiger partial charge is 0.326 e. The Morgan fingerprint density at radius 1 is 1.35 bits per heavy atom. The molecule has 0 amide bonds. The van der Waals surface area contributed by atoms with E-state index in [1.807, 2.05) is 0 Å². The van der Waals surface area contributed by atoms with Gasteiger partial charge in [0.2, 0.25) is 0 Å². The summed E-state index contributed by atoms with van der Waals surface area (Å²) in [5.74, 6) is 1.34. The smallest absolute Gasteiger partial charge is 0.00995 e. The van der Waals surface area contributed by atoms with E-state index < -0.39 is 0 Å². The highest BCUT2D eigenvalue weighted by Gasteiger charge is 2.16. The highest BCUT2D eigenvalue weighted by atomic mass is 14.7. The van der Waals surface area contributed by atoms with Crippen molar-refractivity contribution in [2.75, 3.05) is 0 Å². The summed E-state index contributed by atoms with van der Waals surface area (Å²) < 4.78 is 0. The highest BCUT2D eigenvalue weighted by Crippen LogP contribution is 2.21. The first-order valence-electron chi connectivity index (χ1n) is 6.80. The van der Waals surface area contributed by atoms with E-state index in [0.717, 1.165) is 19.3 Å². The van der Waals surface area contributed by atoms with Crippen LogP contribution in [-0.2, 0) is 0 Å². The van der Waals surface area contributed by atoms with Gasteiger partial charge in [-0.1, -0.05) is 31.6 Å². The standard InChI is InChI=1S/C16H31N/c1-13(2)9-7-8-10-14(3)11-15(4)12-16(5,6)17/h8,10,14-15H,1,7,9,11-12,17H2,2-6H3/b10-8+/t14-,15-/m0/s1. The summed E-state index contributed by atoms with van der Waals surface area (Å²) in [4.78, 5) is 0. The predicted molar refractivity (Wildman–Crippen MR) is 79.0 cm³/mol. The number of allylic oxidation sites excluding steroid dienone is 3. The first kappa shape index (κ1) is 16.4. The Balaban J connectivity index is 3.84. The van der Waals surface area contributed by atoms with Crippen LogP contribution in [0.15, 0.2) is 24.3 Å². The maximum Gasteiger partial charge on any atom is 0.00995 e. The van der Waals surface area contributed by atoms with E-state index in [1.165, 1.54) is 12.0 Å². The molecule has 0 aromatic carbocycles. The summed E-state index contributed by atoms with van der Waals surface area (Å²) in [6.45, 7) is 14.8. The molecule has 0 aliphatic rings. The molecule has 0 unspecified atom stereocenters. The fourth-order valence-corrected chi connectivity index (χ4v) is 2.35. The van der Waals surface area contributed by atoms with Gasteiger partial charge in [-0.05, 0) is 58.3 Å². The zero-order valence-electron chi connectivity index (χ0n) is 12.4. The molecule has 0 heterocycles. The third-order valence-corrected chi connectivity index (χ3v) is 2.85. The topological polar surface area (TPSA) is 26.0 Å². The zero-order valence-corrected chi connectivity index (χ0v) is 12.4. The molecule has 0 saturated carbocycles. The lowest BCUT2D eigenvalue weighted by atomic mass is 9.86. The predicted octanol–water partition coefficient (Wildman–Crippen LogP) is 4.69. The van der Waals surface area contributed by atoms with Gasteiger partial charge >= 0.3 is 0 Å². The molecule has 1 nitrogen and oxygen atoms in total. The van der Waals surface area contributed by atoms with E-state index in [4.69, 9.17) is 5.73 Å². The molecule has 0 fully saturated rings. The van der Waals surface area contributed by atoms with Crippen LogP contribution < -0.4 is 5.73 Å². The molecule has 0 aliphatic carbocycles. The van der Waals surface area contributed by atoms with E-state index in [9.17, 15) is 0 Å². The van der Waals surface area contributed by atoms with Crippen molar-refractivity contribution in [3.63, 3.8) is 0 Å². The molecule has 0 radical (unpaired) electrons. The summed E-state index contributed by atoms with van der Waals surface area (Å²) in [5.41, 5.74) is 7.26. The van der Waals surface area contributed by atoms with E-state index >= 15 is 0 Å². The molecular formula is C16H31N. The molecule has 100 valence electrons. The second-order valence-electron chi connectivity index (χ2n) is 6.43. The van der Waals surface area contributed by atoms with Crippen LogP contribution >= 0.6 is 0 Å². The van der Waals surface area contributed by atoms with E-state index in [-0.39, 0.29) is 5.54 Å². The van der Waals surface area contributed by atoms with Crippen molar-refractivity contribution in [2.24, 2.45) is 17.6 Å². The molecule has 0 spiro atoms. The average Bonchev–Trinajstić information content (AvgIpc) is 2.08. The number of nitrogens with two attached hydrogens (primary N) is 1. The molecule has 1 heteroatoms. The van der Waals surface area contributed by atoms with Crippen molar-refractivity contribution in [3.05, 3.63) is 24.3 Å². The summed E-state index contributed by atoms with van der Waals surface area (Å²) in [6, 6.07) is 0. The Hall–Kier alpha value is -0.560. The number of hydrogen-bond donors (Lipinski definition) is 1. The Bertz CT molecular complexity index is 245. The van der Waals surface area contributed by atoms with Gasteiger partial charge in [0.15, 0.2) is 0 Å². The number of hydrogen-bond acceptors (Lipinski definition) is 1. The van der Waals surface area contributed by atoms with Gasteiger partial charge in [0.1, 0.15) is 0 Å². The Morgan fingerprint density at radius 2 is 1.94 bits per heavy atom. The van der Waals surface area contributed by atoms with Gasteiger partial charge in [0.25, 0.3) is 0 Å². The van der Waals surface area contributed by atoms with Crippen LogP contribution in [0.5, 0.6) is 0 Å². The lowest BCUT2D eigenvalue weighted by molar-refractivity contribution is 0.343. The van der Waals surface area contributed by atoms with Crippen molar-refractivity contribution in [1.29, 1.82) is 0 Å². The van der Waals surface area contributed by atoms with E-state index in [0.29, 0.717) is 11.8 Å². The fourth-order valence-electron chi connectivity index (χ4n) is 2.35. The van der Waals surface area contributed by atoms with Crippen molar-refractivity contribution in [1.82, 2.24) is 0 Å². The van der Waals surface area contributed by atoms with Crippen LogP contribution in [0.4, 0.5) is 0 Å². The van der Waals surface area contributed by atoms with Crippen LogP contribution in [0.25, 0.3) is 0 Å². The molecule has 0 rings (SSSR count). The minimum Gasteiger partial charge on any atom is -0.326 e. The zero-order chi connectivity index (χ0) is 13.5. The van der Waals surface area contributed by atoms with Crippen LogP contribution in [-0.4, -0.2) is 5.54 Å². The fraction of sp³-hybridized carbons (Fsp3) is 0.750. The van der Waals surface area contributed by atoms with Gasteiger partial charge in [-0.15, -0.1) is 6.58 Å². The van der Waals surface area contributed by atoms with Gasteiger partial charge in [0.05, 0.1) is 0 Å². The first-order chi connectivity index (χ1) is 7.70. The lowest BCUT2D eigenvalue weighted by Gasteiger charge is -2.24. The first-order valence-corrected chi connectivity index (χ1v) is 6.80. The van der Waals surface area contributed by atoms with E-state index in [2.05, 4.69) is 53.3 Å². The Labute approximate surface area is 108 Å². The molecule has 0 bridgehead atoms. The van der Waals surface area contributed by atoms with Crippen LogP contribution in [0.3, 0.4) is 0 Å². The van der Waals surface area contributed by atoms with Gasteiger partial charge in [-0.25, -0.2) is 0 Å². The molecule has 0 aliphatic heterocycles. The second-order valence-corrected chi connectivity index (χ2v) is 6.43. The van der Waals surface area contributed by atoms with Gasteiger partial charge in [-0.2, -0.15) is 0 Å². The van der Waals surface area contributed by atoms with Crippen LogP contribution in [0.2, 0.25) is 0 Å². The van der Waals surface area contributed by atoms with Gasteiger partial charge < -0.3 is 5.73 Å². The normalized spacial score (nSPS) is 16.1. The highest BCUT2D eigenvalue weighted by molar-refractivity contribution is 4.94. The SMILES string of the molecule is C=C(C)CC/C=C/[C@H](C)C[C@H](C)CC(C)(C)N. The second kappa shape index (κ2) is 7.71.